The van der Waals surface area contributed by atoms with Crippen molar-refractivity contribution in [3.8, 4) is 5.75 Å². The molecule has 22 heavy (non-hydrogen) atoms. The van der Waals surface area contributed by atoms with E-state index in [1.807, 2.05) is 12.1 Å². The van der Waals surface area contributed by atoms with E-state index in [0.29, 0.717) is 6.04 Å². The van der Waals surface area contributed by atoms with Crippen LogP contribution < -0.4 is 4.74 Å². The first kappa shape index (κ1) is 17.2. The molecule has 1 fully saturated rings. The van der Waals surface area contributed by atoms with Crippen LogP contribution in [0.15, 0.2) is 24.3 Å². The maximum atomic E-state index is 12.1. The number of rotatable bonds is 7. The van der Waals surface area contributed by atoms with Gasteiger partial charge in [0.05, 0.1) is 0 Å². The minimum absolute atomic E-state index is 0.213. The number of hydrogen-bond acceptors (Lipinski definition) is 3. The maximum Gasteiger partial charge on any atom is 0.387 e. The zero-order valence-electron chi connectivity index (χ0n) is 13.5. The molecule has 1 aromatic rings. The highest BCUT2D eigenvalue weighted by Crippen LogP contribution is 2.19. The van der Waals surface area contributed by atoms with E-state index in [1.54, 1.807) is 12.1 Å². The van der Waals surface area contributed by atoms with E-state index in [9.17, 15) is 8.78 Å². The minimum Gasteiger partial charge on any atom is -0.435 e. The third-order valence-electron chi connectivity index (χ3n) is 4.37. The van der Waals surface area contributed by atoms with E-state index < -0.39 is 6.61 Å². The summed E-state index contributed by atoms with van der Waals surface area (Å²) in [6.07, 6.45) is 5.13. The zero-order valence-corrected chi connectivity index (χ0v) is 13.5. The van der Waals surface area contributed by atoms with E-state index in [4.69, 9.17) is 0 Å². The lowest BCUT2D eigenvalue weighted by atomic mass is 10.00. The molecular formula is C17H26F2N2O. The van der Waals surface area contributed by atoms with Crippen LogP contribution in [-0.4, -0.2) is 49.6 Å². The van der Waals surface area contributed by atoms with Crippen LogP contribution in [0.2, 0.25) is 0 Å². The van der Waals surface area contributed by atoms with Crippen LogP contribution in [0.5, 0.6) is 5.75 Å². The van der Waals surface area contributed by atoms with E-state index in [2.05, 4.69) is 28.6 Å². The fourth-order valence-corrected chi connectivity index (χ4v) is 3.05. The van der Waals surface area contributed by atoms with E-state index in [-0.39, 0.29) is 5.75 Å². The van der Waals surface area contributed by atoms with Crippen LogP contribution in [-0.2, 0) is 6.54 Å². The molecule has 0 aliphatic carbocycles. The standard InChI is InChI=1S/C17H26F2N2O/c1-20(12-10-15-5-3-4-11-21(15)2)13-14-6-8-16(9-7-14)22-17(18)19/h6-9,15,17H,3-5,10-13H2,1-2H3. The Bertz CT molecular complexity index is 439. The lowest BCUT2D eigenvalue weighted by Crippen LogP contribution is -2.38. The minimum atomic E-state index is -2.76. The summed E-state index contributed by atoms with van der Waals surface area (Å²) in [5.41, 5.74) is 1.11. The summed E-state index contributed by atoms with van der Waals surface area (Å²) in [5, 5.41) is 0. The summed E-state index contributed by atoms with van der Waals surface area (Å²) in [5.74, 6) is 0.213. The van der Waals surface area contributed by atoms with Gasteiger partial charge in [-0.3, -0.25) is 0 Å². The molecule has 2 rings (SSSR count). The number of likely N-dealkylation sites (tertiary alicyclic amines) is 1. The van der Waals surface area contributed by atoms with Crippen LogP contribution in [0, 0.1) is 0 Å². The van der Waals surface area contributed by atoms with Gasteiger partial charge in [-0.05, 0) is 64.1 Å². The highest BCUT2D eigenvalue weighted by Gasteiger charge is 2.18. The quantitative estimate of drug-likeness (QED) is 0.765. The Hall–Kier alpha value is -1.20. The van der Waals surface area contributed by atoms with Crippen molar-refractivity contribution < 1.29 is 13.5 Å². The van der Waals surface area contributed by atoms with Gasteiger partial charge in [-0.2, -0.15) is 8.78 Å². The molecule has 1 heterocycles. The topological polar surface area (TPSA) is 15.7 Å². The molecule has 0 aromatic heterocycles. The van der Waals surface area contributed by atoms with Gasteiger partial charge in [-0.1, -0.05) is 18.6 Å². The van der Waals surface area contributed by atoms with Crippen molar-refractivity contribution in [1.29, 1.82) is 0 Å². The Balaban J connectivity index is 1.75. The number of piperidine rings is 1. The third-order valence-corrected chi connectivity index (χ3v) is 4.37. The van der Waals surface area contributed by atoms with Crippen molar-refractivity contribution in [2.75, 3.05) is 27.2 Å². The van der Waals surface area contributed by atoms with Crippen LogP contribution in [0.4, 0.5) is 8.78 Å². The lowest BCUT2D eigenvalue weighted by molar-refractivity contribution is -0.0498. The smallest absolute Gasteiger partial charge is 0.387 e. The van der Waals surface area contributed by atoms with Crippen molar-refractivity contribution in [1.82, 2.24) is 9.80 Å². The molecule has 1 aliphatic heterocycles. The summed E-state index contributed by atoms with van der Waals surface area (Å²) < 4.78 is 28.6. The zero-order chi connectivity index (χ0) is 15.9. The SMILES string of the molecule is CN(CCC1CCCCN1C)Cc1ccc(OC(F)F)cc1. The molecule has 0 saturated carbocycles. The first-order valence-corrected chi connectivity index (χ1v) is 7.97. The van der Waals surface area contributed by atoms with Crippen LogP contribution in [0.25, 0.3) is 0 Å². The number of benzene rings is 1. The molecule has 3 nitrogen and oxygen atoms in total. The van der Waals surface area contributed by atoms with Crippen molar-refractivity contribution >= 4 is 0 Å². The van der Waals surface area contributed by atoms with Crippen LogP contribution in [0.1, 0.15) is 31.2 Å². The maximum absolute atomic E-state index is 12.1. The molecule has 1 aliphatic rings. The summed E-state index contributed by atoms with van der Waals surface area (Å²) in [7, 11) is 4.32. The van der Waals surface area contributed by atoms with Gasteiger partial charge in [0, 0.05) is 12.6 Å². The Morgan fingerprint density at radius 2 is 2.00 bits per heavy atom. The van der Waals surface area contributed by atoms with Gasteiger partial charge < -0.3 is 14.5 Å². The van der Waals surface area contributed by atoms with Gasteiger partial charge in [0.2, 0.25) is 0 Å². The largest absolute Gasteiger partial charge is 0.435 e. The third kappa shape index (κ3) is 5.54. The molecule has 0 amide bonds. The Morgan fingerprint density at radius 1 is 1.27 bits per heavy atom. The first-order chi connectivity index (χ1) is 10.5. The summed E-state index contributed by atoms with van der Waals surface area (Å²) in [6.45, 7) is 0.316. The first-order valence-electron chi connectivity index (χ1n) is 7.97. The molecule has 0 N–H and O–H groups in total. The highest BCUT2D eigenvalue weighted by atomic mass is 19.3. The number of alkyl halides is 2. The summed E-state index contributed by atoms with van der Waals surface area (Å²) >= 11 is 0. The Morgan fingerprint density at radius 3 is 2.64 bits per heavy atom. The van der Waals surface area contributed by atoms with E-state index >= 15 is 0 Å². The predicted molar refractivity (Wildman–Crippen MR) is 84.3 cm³/mol. The predicted octanol–water partition coefficient (Wildman–Crippen LogP) is 3.59. The lowest BCUT2D eigenvalue weighted by Gasteiger charge is -2.33. The fraction of sp³-hybridized carbons (Fsp3) is 0.647. The van der Waals surface area contributed by atoms with Gasteiger partial charge in [0.15, 0.2) is 0 Å². The molecule has 5 heteroatoms. The second-order valence-electron chi connectivity index (χ2n) is 6.18. The number of ether oxygens (including phenoxy) is 1. The molecule has 0 spiro atoms. The van der Waals surface area contributed by atoms with Crippen molar-refractivity contribution in [2.24, 2.45) is 0 Å². The fourth-order valence-electron chi connectivity index (χ4n) is 3.05. The molecule has 1 atom stereocenters. The number of nitrogens with zero attached hydrogens (tertiary/aromatic N) is 2. The Kier molecular flexibility index (Phi) is 6.58. The van der Waals surface area contributed by atoms with Gasteiger partial charge >= 0.3 is 6.61 Å². The monoisotopic (exact) mass is 312 g/mol. The van der Waals surface area contributed by atoms with Crippen molar-refractivity contribution in [3.05, 3.63) is 29.8 Å². The molecule has 1 aromatic carbocycles. The highest BCUT2D eigenvalue weighted by molar-refractivity contribution is 5.27. The average Bonchev–Trinajstić information content (AvgIpc) is 2.48. The summed E-state index contributed by atoms with van der Waals surface area (Å²) in [4.78, 5) is 4.75. The van der Waals surface area contributed by atoms with Gasteiger partial charge in [0.1, 0.15) is 5.75 Å². The normalized spacial score (nSPS) is 19.8. The molecule has 1 saturated heterocycles. The van der Waals surface area contributed by atoms with Gasteiger partial charge in [-0.25, -0.2) is 0 Å². The second kappa shape index (κ2) is 8.44. The second-order valence-corrected chi connectivity index (χ2v) is 6.18. The van der Waals surface area contributed by atoms with E-state index in [1.165, 1.54) is 32.2 Å². The molecule has 1 unspecified atom stereocenters. The molecule has 0 bridgehead atoms. The molecule has 0 radical (unpaired) electrons. The average molecular weight is 312 g/mol. The van der Waals surface area contributed by atoms with E-state index in [0.717, 1.165) is 18.7 Å². The van der Waals surface area contributed by atoms with Crippen molar-refractivity contribution in [3.63, 3.8) is 0 Å². The molecular weight excluding hydrogens is 286 g/mol. The van der Waals surface area contributed by atoms with Gasteiger partial charge in [-0.15, -0.1) is 0 Å². The van der Waals surface area contributed by atoms with Crippen molar-refractivity contribution in [2.45, 2.75) is 44.9 Å². The Labute approximate surface area is 131 Å². The number of halogens is 2. The molecule has 124 valence electrons. The summed E-state index contributed by atoms with van der Waals surface area (Å²) in [6, 6.07) is 7.59. The number of hydrogen-bond donors (Lipinski definition) is 0. The van der Waals surface area contributed by atoms with Crippen LogP contribution >= 0.6 is 0 Å². The van der Waals surface area contributed by atoms with Gasteiger partial charge in [0.25, 0.3) is 0 Å². The van der Waals surface area contributed by atoms with Crippen LogP contribution in [0.3, 0.4) is 0 Å².